The van der Waals surface area contributed by atoms with Gasteiger partial charge in [-0.1, -0.05) is 38.1 Å². The van der Waals surface area contributed by atoms with Crippen molar-refractivity contribution in [3.63, 3.8) is 0 Å². The van der Waals surface area contributed by atoms with E-state index in [4.69, 9.17) is 0 Å². The topological polar surface area (TPSA) is 56.0 Å². The van der Waals surface area contributed by atoms with Gasteiger partial charge in [0, 0.05) is 30.4 Å². The minimum Gasteiger partial charge on any atom is -0.300 e. The number of imidazole rings is 1. The molecular weight excluding hydrogens is 370 g/mol. The summed E-state index contributed by atoms with van der Waals surface area (Å²) < 4.78 is 2.08. The van der Waals surface area contributed by atoms with E-state index in [2.05, 4.69) is 80.8 Å². The molecule has 0 spiro atoms. The molecule has 5 aromatic rings. The van der Waals surface area contributed by atoms with Crippen molar-refractivity contribution < 1.29 is 0 Å². The number of hydrogen-bond acceptors (Lipinski definition) is 4. The van der Waals surface area contributed by atoms with Crippen LogP contribution in [0.25, 0.3) is 39.1 Å². The number of rotatable bonds is 5. The van der Waals surface area contributed by atoms with Crippen LogP contribution in [0, 0.1) is 0 Å². The smallest absolute Gasteiger partial charge is 0.137 e. The molecule has 5 rings (SSSR count). The maximum absolute atomic E-state index is 4.65. The van der Waals surface area contributed by atoms with Crippen LogP contribution >= 0.6 is 0 Å². The predicted molar refractivity (Wildman–Crippen MR) is 120 cm³/mol. The number of pyridine rings is 2. The molecule has 30 heavy (non-hydrogen) atoms. The molecule has 0 atom stereocenters. The molecule has 5 heteroatoms. The van der Waals surface area contributed by atoms with Crippen molar-refractivity contribution >= 4 is 16.7 Å². The monoisotopic (exact) mass is 393 g/mol. The average Bonchev–Trinajstić information content (AvgIpc) is 3.23. The first kappa shape index (κ1) is 18.4. The largest absolute Gasteiger partial charge is 0.300 e. The molecule has 0 aliphatic rings. The van der Waals surface area contributed by atoms with Crippen molar-refractivity contribution in [2.45, 2.75) is 32.6 Å². The summed E-state index contributed by atoms with van der Waals surface area (Å²) in [5, 5.41) is 0. The first-order chi connectivity index (χ1) is 14.8. The Morgan fingerprint density at radius 1 is 0.833 bits per heavy atom. The van der Waals surface area contributed by atoms with Gasteiger partial charge in [0.25, 0.3) is 0 Å². The van der Waals surface area contributed by atoms with Gasteiger partial charge in [0.2, 0.25) is 0 Å². The van der Waals surface area contributed by atoms with Crippen LogP contribution in [-0.4, -0.2) is 24.3 Å². The van der Waals surface area contributed by atoms with Gasteiger partial charge < -0.3 is 0 Å². The summed E-state index contributed by atoms with van der Waals surface area (Å²) in [5.41, 5.74) is 8.16. The Hall–Kier alpha value is -3.60. The maximum atomic E-state index is 4.65. The maximum Gasteiger partial charge on any atom is 0.137 e. The number of nitrogens with zero attached hydrogens (tertiary/aromatic N) is 5. The molecule has 0 aliphatic heterocycles. The lowest BCUT2D eigenvalue weighted by Crippen LogP contribution is -1.95. The molecule has 0 amide bonds. The van der Waals surface area contributed by atoms with Gasteiger partial charge in [-0.15, -0.1) is 0 Å². The third-order valence-electron chi connectivity index (χ3n) is 5.87. The Kier molecular flexibility index (Phi) is 4.71. The van der Waals surface area contributed by atoms with Gasteiger partial charge in [-0.25, -0.2) is 4.98 Å². The third-order valence-corrected chi connectivity index (χ3v) is 5.87. The first-order valence-corrected chi connectivity index (χ1v) is 10.4. The summed E-state index contributed by atoms with van der Waals surface area (Å²) in [6.07, 6.45) is 13.2. The van der Waals surface area contributed by atoms with Gasteiger partial charge in [0.05, 0.1) is 18.1 Å². The summed E-state index contributed by atoms with van der Waals surface area (Å²) in [4.78, 5) is 17.8. The molecule has 4 heterocycles. The van der Waals surface area contributed by atoms with E-state index >= 15 is 0 Å². The second-order valence-electron chi connectivity index (χ2n) is 7.53. The van der Waals surface area contributed by atoms with E-state index in [1.165, 1.54) is 24.0 Å². The molecule has 5 nitrogen and oxygen atoms in total. The van der Waals surface area contributed by atoms with Crippen LogP contribution in [0.2, 0.25) is 0 Å². The molecule has 0 unspecified atom stereocenters. The highest BCUT2D eigenvalue weighted by Crippen LogP contribution is 2.29. The third kappa shape index (κ3) is 3.12. The van der Waals surface area contributed by atoms with Gasteiger partial charge in [0.1, 0.15) is 16.7 Å². The number of hydrogen-bond donors (Lipinski definition) is 0. The zero-order valence-electron chi connectivity index (χ0n) is 17.2. The van der Waals surface area contributed by atoms with Gasteiger partial charge >= 0.3 is 0 Å². The molecule has 0 aliphatic carbocycles. The zero-order chi connectivity index (χ0) is 20.5. The second-order valence-corrected chi connectivity index (χ2v) is 7.53. The van der Waals surface area contributed by atoms with Crippen LogP contribution in [0.4, 0.5) is 0 Å². The molecule has 0 bridgehead atoms. The summed E-state index contributed by atoms with van der Waals surface area (Å²) in [5.74, 6) is 0.633. The quantitative estimate of drug-likeness (QED) is 0.372. The van der Waals surface area contributed by atoms with E-state index in [1.54, 1.807) is 18.6 Å². The minimum absolute atomic E-state index is 0.633. The highest BCUT2D eigenvalue weighted by molar-refractivity contribution is 5.89. The molecule has 0 N–H and O–H groups in total. The standard InChI is InChI=1S/C25H23N5/c1-3-17(4-2)18-5-7-19(8-6-18)20-9-12-30-23(16-29-24(30)13-20)21-14-26-15-22-25(21)28-11-10-27-22/h5-17H,3-4H2,1-2H3. The fourth-order valence-corrected chi connectivity index (χ4v) is 4.15. The SMILES string of the molecule is CCC(CC)c1ccc(-c2ccn3c(-c4cncc5nccnc45)cnc3c2)cc1. The van der Waals surface area contributed by atoms with E-state index in [0.717, 1.165) is 33.5 Å². The Labute approximate surface area is 175 Å². The minimum atomic E-state index is 0.633. The van der Waals surface area contributed by atoms with Crippen molar-refractivity contribution in [1.29, 1.82) is 0 Å². The molecule has 1 aromatic carbocycles. The Bertz CT molecular complexity index is 1310. The fraction of sp³-hybridized carbons (Fsp3) is 0.200. The summed E-state index contributed by atoms with van der Waals surface area (Å²) >= 11 is 0. The van der Waals surface area contributed by atoms with Gasteiger partial charge in [-0.3, -0.25) is 19.4 Å². The van der Waals surface area contributed by atoms with E-state index in [-0.39, 0.29) is 0 Å². The number of aromatic nitrogens is 5. The van der Waals surface area contributed by atoms with Crippen LogP contribution < -0.4 is 0 Å². The zero-order valence-corrected chi connectivity index (χ0v) is 17.2. The lowest BCUT2D eigenvalue weighted by atomic mass is 9.92. The van der Waals surface area contributed by atoms with E-state index in [0.29, 0.717) is 5.92 Å². The van der Waals surface area contributed by atoms with E-state index in [1.807, 2.05) is 12.4 Å². The van der Waals surface area contributed by atoms with E-state index < -0.39 is 0 Å². The Morgan fingerprint density at radius 3 is 2.43 bits per heavy atom. The Balaban J connectivity index is 1.54. The molecule has 0 fully saturated rings. The van der Waals surface area contributed by atoms with Crippen LogP contribution in [0.1, 0.15) is 38.2 Å². The molecule has 4 aromatic heterocycles. The number of benzene rings is 1. The van der Waals surface area contributed by atoms with Crippen molar-refractivity contribution in [2.75, 3.05) is 0 Å². The van der Waals surface area contributed by atoms with Crippen molar-refractivity contribution in [2.24, 2.45) is 0 Å². The summed E-state index contributed by atoms with van der Waals surface area (Å²) in [6, 6.07) is 13.2. The predicted octanol–water partition coefficient (Wildman–Crippen LogP) is 5.91. The second kappa shape index (κ2) is 7.67. The van der Waals surface area contributed by atoms with Crippen LogP contribution in [-0.2, 0) is 0 Å². The Morgan fingerprint density at radius 2 is 1.63 bits per heavy atom. The molecule has 0 saturated carbocycles. The lowest BCUT2D eigenvalue weighted by Gasteiger charge is -2.13. The highest BCUT2D eigenvalue weighted by atomic mass is 15.0. The highest BCUT2D eigenvalue weighted by Gasteiger charge is 2.12. The summed E-state index contributed by atoms with van der Waals surface area (Å²) in [6.45, 7) is 4.51. The normalized spacial score (nSPS) is 11.6. The number of fused-ring (bicyclic) bond motifs is 2. The van der Waals surface area contributed by atoms with Crippen LogP contribution in [0.5, 0.6) is 0 Å². The van der Waals surface area contributed by atoms with Crippen LogP contribution in [0.3, 0.4) is 0 Å². The van der Waals surface area contributed by atoms with Crippen molar-refractivity contribution in [3.8, 4) is 22.4 Å². The molecular formula is C25H23N5. The molecule has 148 valence electrons. The van der Waals surface area contributed by atoms with Crippen molar-refractivity contribution in [1.82, 2.24) is 24.3 Å². The summed E-state index contributed by atoms with van der Waals surface area (Å²) in [7, 11) is 0. The first-order valence-electron chi connectivity index (χ1n) is 10.4. The van der Waals surface area contributed by atoms with Gasteiger partial charge in [-0.05, 0) is 47.6 Å². The lowest BCUT2D eigenvalue weighted by molar-refractivity contribution is 0.642. The van der Waals surface area contributed by atoms with Crippen LogP contribution in [0.15, 0.2) is 73.6 Å². The average molecular weight is 393 g/mol. The molecule has 0 radical (unpaired) electrons. The van der Waals surface area contributed by atoms with Gasteiger partial charge in [0.15, 0.2) is 0 Å². The molecule has 0 saturated heterocycles. The van der Waals surface area contributed by atoms with E-state index in [9.17, 15) is 0 Å². The van der Waals surface area contributed by atoms with Crippen molar-refractivity contribution in [3.05, 3.63) is 79.1 Å². The fourth-order valence-electron chi connectivity index (χ4n) is 4.15. The van der Waals surface area contributed by atoms with Gasteiger partial charge in [-0.2, -0.15) is 0 Å².